The fourth-order valence-corrected chi connectivity index (χ4v) is 1.87. The van der Waals surface area contributed by atoms with Crippen LogP contribution in [0.5, 0.6) is 0 Å². The van der Waals surface area contributed by atoms with Gasteiger partial charge in [-0.05, 0) is 30.9 Å². The van der Waals surface area contributed by atoms with E-state index in [1.54, 1.807) is 0 Å². The lowest BCUT2D eigenvalue weighted by Crippen LogP contribution is -1.98. The normalized spacial score (nSPS) is 10.6. The monoisotopic (exact) mass is 185 g/mol. The highest BCUT2D eigenvalue weighted by atomic mass is 15.0. The molecule has 0 unspecified atom stereocenters. The maximum atomic E-state index is 3.76. The van der Waals surface area contributed by atoms with Crippen molar-refractivity contribution in [1.82, 2.24) is 4.57 Å². The molecule has 1 aromatic carbocycles. The van der Waals surface area contributed by atoms with Crippen molar-refractivity contribution in [2.24, 2.45) is 0 Å². The Balaban J connectivity index is 2.50. The molecule has 0 saturated heterocycles. The third-order valence-electron chi connectivity index (χ3n) is 2.57. The molecule has 2 rings (SSSR count). The van der Waals surface area contributed by atoms with Crippen molar-refractivity contribution in [2.45, 2.75) is 19.9 Å². The van der Waals surface area contributed by atoms with E-state index in [0.717, 1.165) is 13.0 Å². The molecule has 0 radical (unpaired) electrons. The zero-order valence-electron chi connectivity index (χ0n) is 8.53. The minimum absolute atomic E-state index is 1.03. The number of nitrogens with zero attached hydrogens (tertiary/aromatic N) is 1. The van der Waals surface area contributed by atoms with E-state index >= 15 is 0 Å². The molecule has 0 saturated carbocycles. The summed E-state index contributed by atoms with van der Waals surface area (Å²) in [6.07, 6.45) is 2.99. The molecule has 0 aliphatic carbocycles. The van der Waals surface area contributed by atoms with Gasteiger partial charge < -0.3 is 4.57 Å². The lowest BCUT2D eigenvalue weighted by molar-refractivity contribution is 0.718. The molecular weight excluding hydrogens is 170 g/mol. The Morgan fingerprint density at radius 1 is 1.36 bits per heavy atom. The molecule has 0 aliphatic rings. The first kappa shape index (κ1) is 9.07. The van der Waals surface area contributed by atoms with E-state index in [-0.39, 0.29) is 0 Å². The zero-order valence-corrected chi connectivity index (χ0v) is 8.53. The predicted octanol–water partition coefficient (Wildman–Crippen LogP) is 3.53. The van der Waals surface area contributed by atoms with Crippen LogP contribution in [0.1, 0.15) is 12.1 Å². The van der Waals surface area contributed by atoms with Gasteiger partial charge in [-0.15, -0.1) is 6.58 Å². The van der Waals surface area contributed by atoms with Crippen molar-refractivity contribution in [2.75, 3.05) is 0 Å². The fourth-order valence-electron chi connectivity index (χ4n) is 1.87. The van der Waals surface area contributed by atoms with Crippen molar-refractivity contribution in [3.8, 4) is 0 Å². The number of fused-ring (bicyclic) bond motifs is 1. The molecule has 1 heterocycles. The van der Waals surface area contributed by atoms with Crippen molar-refractivity contribution in [3.63, 3.8) is 0 Å². The Morgan fingerprint density at radius 2 is 2.14 bits per heavy atom. The number of allylic oxidation sites excluding steroid dienone is 1. The van der Waals surface area contributed by atoms with Crippen molar-refractivity contribution in [3.05, 3.63) is 48.7 Å². The first-order chi connectivity index (χ1) is 6.83. The number of aromatic nitrogens is 1. The van der Waals surface area contributed by atoms with Gasteiger partial charge in [0.2, 0.25) is 0 Å². The molecule has 0 spiro atoms. The highest BCUT2D eigenvalue weighted by Gasteiger charge is 2.02. The molecule has 72 valence electrons. The molecular formula is C13H15N. The summed E-state index contributed by atoms with van der Waals surface area (Å²) in [6.45, 7) is 6.94. The zero-order chi connectivity index (χ0) is 9.97. The molecule has 1 aromatic heterocycles. The van der Waals surface area contributed by atoms with Gasteiger partial charge >= 0.3 is 0 Å². The average molecular weight is 185 g/mol. The Hall–Kier alpha value is -1.50. The van der Waals surface area contributed by atoms with E-state index in [9.17, 15) is 0 Å². The van der Waals surface area contributed by atoms with Gasteiger partial charge in [0.05, 0.1) is 0 Å². The quantitative estimate of drug-likeness (QED) is 0.645. The Morgan fingerprint density at radius 3 is 2.93 bits per heavy atom. The average Bonchev–Trinajstić information content (AvgIpc) is 2.51. The highest BCUT2D eigenvalue weighted by Crippen LogP contribution is 2.19. The summed E-state index contributed by atoms with van der Waals surface area (Å²) in [6, 6.07) is 10.7. The SMILES string of the molecule is C=CCCn1c(C)cc2ccccc21. The molecule has 0 amide bonds. The molecule has 0 N–H and O–H groups in total. The van der Waals surface area contributed by atoms with Crippen molar-refractivity contribution in [1.29, 1.82) is 0 Å². The summed E-state index contributed by atoms with van der Waals surface area (Å²) in [5.74, 6) is 0. The van der Waals surface area contributed by atoms with Crippen LogP contribution in [-0.4, -0.2) is 4.57 Å². The lowest BCUT2D eigenvalue weighted by atomic mass is 10.2. The topological polar surface area (TPSA) is 4.93 Å². The van der Waals surface area contributed by atoms with Crippen molar-refractivity contribution >= 4 is 10.9 Å². The van der Waals surface area contributed by atoms with E-state index in [1.165, 1.54) is 16.6 Å². The number of hydrogen-bond donors (Lipinski definition) is 0. The second-order valence-electron chi connectivity index (χ2n) is 3.57. The van der Waals surface area contributed by atoms with Crippen LogP contribution in [0.15, 0.2) is 43.0 Å². The van der Waals surface area contributed by atoms with E-state index in [4.69, 9.17) is 0 Å². The number of hydrogen-bond acceptors (Lipinski definition) is 0. The van der Waals surface area contributed by atoms with Gasteiger partial charge in [-0.2, -0.15) is 0 Å². The van der Waals surface area contributed by atoms with Crippen LogP contribution >= 0.6 is 0 Å². The molecule has 0 bridgehead atoms. The second-order valence-corrected chi connectivity index (χ2v) is 3.57. The van der Waals surface area contributed by atoms with Gasteiger partial charge in [0.15, 0.2) is 0 Å². The Labute approximate surface area is 84.7 Å². The standard InChI is InChI=1S/C13H15N/c1-3-4-9-14-11(2)10-12-7-5-6-8-13(12)14/h3,5-8,10H,1,4,9H2,2H3. The first-order valence-corrected chi connectivity index (χ1v) is 4.98. The van der Waals surface area contributed by atoms with E-state index in [0.29, 0.717) is 0 Å². The largest absolute Gasteiger partial charge is 0.345 e. The third-order valence-corrected chi connectivity index (χ3v) is 2.57. The van der Waals surface area contributed by atoms with Crippen LogP contribution in [-0.2, 0) is 6.54 Å². The van der Waals surface area contributed by atoms with Crippen LogP contribution < -0.4 is 0 Å². The van der Waals surface area contributed by atoms with Crippen molar-refractivity contribution < 1.29 is 0 Å². The summed E-state index contributed by atoms with van der Waals surface area (Å²) in [7, 11) is 0. The smallest absolute Gasteiger partial charge is 0.0482 e. The highest BCUT2D eigenvalue weighted by molar-refractivity contribution is 5.81. The summed E-state index contributed by atoms with van der Waals surface area (Å²) < 4.78 is 2.34. The fraction of sp³-hybridized carbons (Fsp3) is 0.231. The van der Waals surface area contributed by atoms with Gasteiger partial charge in [0.25, 0.3) is 0 Å². The maximum Gasteiger partial charge on any atom is 0.0482 e. The molecule has 0 aliphatic heterocycles. The minimum atomic E-state index is 1.03. The van der Waals surface area contributed by atoms with Gasteiger partial charge in [-0.3, -0.25) is 0 Å². The molecule has 1 nitrogen and oxygen atoms in total. The summed E-state index contributed by atoms with van der Waals surface area (Å²) in [5, 5.41) is 1.33. The number of para-hydroxylation sites is 1. The molecule has 14 heavy (non-hydrogen) atoms. The van der Waals surface area contributed by atoms with Crippen LogP contribution in [0.4, 0.5) is 0 Å². The lowest BCUT2D eigenvalue weighted by Gasteiger charge is -2.05. The molecule has 0 atom stereocenters. The third kappa shape index (κ3) is 1.46. The van der Waals surface area contributed by atoms with Gasteiger partial charge in [0, 0.05) is 17.8 Å². The van der Waals surface area contributed by atoms with E-state index in [2.05, 4.69) is 48.4 Å². The minimum Gasteiger partial charge on any atom is -0.345 e. The number of rotatable bonds is 3. The Kier molecular flexibility index (Phi) is 2.40. The van der Waals surface area contributed by atoms with Gasteiger partial charge in [-0.1, -0.05) is 24.3 Å². The summed E-state index contributed by atoms with van der Waals surface area (Å²) in [4.78, 5) is 0. The predicted molar refractivity (Wildman–Crippen MR) is 61.5 cm³/mol. The number of aryl methyl sites for hydroxylation is 2. The molecule has 2 aromatic rings. The van der Waals surface area contributed by atoms with E-state index < -0.39 is 0 Å². The first-order valence-electron chi connectivity index (χ1n) is 4.98. The molecule has 1 heteroatoms. The van der Waals surface area contributed by atoms with Crippen LogP contribution in [0.3, 0.4) is 0 Å². The summed E-state index contributed by atoms with van der Waals surface area (Å²) >= 11 is 0. The van der Waals surface area contributed by atoms with Crippen LogP contribution in [0.2, 0.25) is 0 Å². The second kappa shape index (κ2) is 3.70. The van der Waals surface area contributed by atoms with Gasteiger partial charge in [-0.25, -0.2) is 0 Å². The van der Waals surface area contributed by atoms with E-state index in [1.807, 2.05) is 6.08 Å². The van der Waals surface area contributed by atoms with Crippen LogP contribution in [0.25, 0.3) is 10.9 Å². The summed E-state index contributed by atoms with van der Waals surface area (Å²) in [5.41, 5.74) is 2.65. The Bertz CT molecular complexity index is 451. The van der Waals surface area contributed by atoms with Gasteiger partial charge in [0.1, 0.15) is 0 Å². The molecule has 0 fully saturated rings. The maximum absolute atomic E-state index is 3.76. The van der Waals surface area contributed by atoms with Crippen LogP contribution in [0, 0.1) is 6.92 Å². The number of benzene rings is 1.